The highest BCUT2D eigenvalue weighted by Gasteiger charge is 2.64. The van der Waals surface area contributed by atoms with Crippen LogP contribution in [0.1, 0.15) is 78.2 Å². The van der Waals surface area contributed by atoms with Gasteiger partial charge in [-0.1, -0.05) is 55.7 Å². The van der Waals surface area contributed by atoms with Crippen molar-refractivity contribution in [2.24, 2.45) is 17.6 Å². The number of nitrogens with one attached hydrogen (secondary N) is 1. The number of benzene rings is 1. The lowest BCUT2D eigenvalue weighted by molar-refractivity contribution is -0.154. The van der Waals surface area contributed by atoms with Crippen molar-refractivity contribution in [1.82, 2.24) is 5.32 Å². The molecule has 2 fully saturated rings. The Kier molecular flexibility index (Phi) is 12.0. The van der Waals surface area contributed by atoms with Gasteiger partial charge in [-0.15, -0.1) is 0 Å². The van der Waals surface area contributed by atoms with Gasteiger partial charge in [-0.3, -0.25) is 14.9 Å². The zero-order valence-electron chi connectivity index (χ0n) is 28.3. The van der Waals surface area contributed by atoms with Crippen molar-refractivity contribution in [2.45, 2.75) is 109 Å². The van der Waals surface area contributed by atoms with Crippen molar-refractivity contribution in [1.29, 1.82) is 0 Å². The van der Waals surface area contributed by atoms with Gasteiger partial charge in [0.25, 0.3) is 0 Å². The summed E-state index contributed by atoms with van der Waals surface area (Å²) >= 11 is 6.73. The summed E-state index contributed by atoms with van der Waals surface area (Å²) in [6, 6.07) is 3.69. The molecule has 3 heterocycles. The van der Waals surface area contributed by atoms with Crippen LogP contribution in [-0.4, -0.2) is 73.4 Å². The van der Waals surface area contributed by atoms with Gasteiger partial charge in [-0.05, 0) is 63.8 Å². The van der Waals surface area contributed by atoms with Crippen molar-refractivity contribution >= 4 is 35.3 Å². The predicted molar refractivity (Wildman–Crippen MR) is 179 cm³/mol. The molecule has 4 rings (SSSR count). The number of nitrogens with two attached hydrogens (primary N) is 1. The van der Waals surface area contributed by atoms with E-state index in [-0.39, 0.29) is 30.2 Å². The van der Waals surface area contributed by atoms with Gasteiger partial charge in [0, 0.05) is 31.7 Å². The lowest BCUT2D eigenvalue weighted by Crippen LogP contribution is -2.61. The Morgan fingerprint density at radius 1 is 1.26 bits per heavy atom. The summed E-state index contributed by atoms with van der Waals surface area (Å²) in [6.45, 7) is 8.15. The second-order valence-electron chi connectivity index (χ2n) is 13.2. The molecule has 2 amide bonds. The van der Waals surface area contributed by atoms with Crippen LogP contribution in [-0.2, 0) is 30.2 Å². The molecule has 0 aromatic heterocycles. The zero-order valence-corrected chi connectivity index (χ0v) is 29.1. The highest BCUT2D eigenvalue weighted by atomic mass is 35.5. The van der Waals surface area contributed by atoms with Crippen LogP contribution in [0.15, 0.2) is 35.9 Å². The number of nitrogens with zero attached hydrogens (tertiary/aromatic N) is 1. The highest BCUT2D eigenvalue weighted by Crippen LogP contribution is 2.49. The lowest BCUT2D eigenvalue weighted by Gasteiger charge is -2.42. The summed E-state index contributed by atoms with van der Waals surface area (Å²) in [5.74, 6) is -1.14. The first-order valence-electron chi connectivity index (χ1n) is 16.5. The minimum absolute atomic E-state index is 0.124. The van der Waals surface area contributed by atoms with Gasteiger partial charge >= 0.3 is 12.1 Å². The number of carbonyl (C=O) groups excluding carboxylic acids is 3. The lowest BCUT2D eigenvalue weighted by atomic mass is 9.80. The normalized spacial score (nSPS) is 33.1. The Morgan fingerprint density at radius 3 is 2.68 bits per heavy atom. The largest absolute Gasteiger partial charge is 0.495 e. The molecule has 0 spiro atoms. The number of alkyl carbamates (subject to hydrolysis) is 1. The number of ether oxygens (including phenoxy) is 4. The van der Waals surface area contributed by atoms with Gasteiger partial charge < -0.3 is 34.7 Å². The molecular formula is C35H50ClN3O8. The van der Waals surface area contributed by atoms with Crippen molar-refractivity contribution in [3.05, 3.63) is 46.5 Å². The number of rotatable bonds is 8. The third kappa shape index (κ3) is 8.49. The van der Waals surface area contributed by atoms with E-state index in [0.29, 0.717) is 37.2 Å². The molecule has 3 aliphatic heterocycles. The van der Waals surface area contributed by atoms with E-state index in [2.05, 4.69) is 5.32 Å². The number of allylic oxidation sites excluding steroid dienone is 3. The summed E-state index contributed by atoms with van der Waals surface area (Å²) in [4.78, 5) is 41.2. The second-order valence-corrected chi connectivity index (χ2v) is 13.6. The number of carbonyl (C=O) groups is 3. The smallest absolute Gasteiger partial charge is 0.409 e. The first-order valence-corrected chi connectivity index (χ1v) is 16.9. The number of amides is 2. The molecule has 260 valence electrons. The number of fused-ring (bicyclic) bond motifs is 5. The van der Waals surface area contributed by atoms with Crippen LogP contribution >= 0.6 is 11.6 Å². The van der Waals surface area contributed by atoms with E-state index in [0.717, 1.165) is 24.0 Å². The van der Waals surface area contributed by atoms with E-state index in [9.17, 15) is 19.5 Å². The monoisotopic (exact) mass is 675 g/mol. The molecule has 0 aliphatic carbocycles. The molecule has 3 aliphatic rings. The molecule has 0 unspecified atom stereocenters. The van der Waals surface area contributed by atoms with E-state index in [4.69, 9.17) is 36.3 Å². The number of hydrogen-bond acceptors (Lipinski definition) is 9. The van der Waals surface area contributed by atoms with Crippen molar-refractivity contribution in [3.63, 3.8) is 0 Å². The number of epoxide rings is 1. The van der Waals surface area contributed by atoms with Crippen molar-refractivity contribution < 1.29 is 38.4 Å². The minimum Gasteiger partial charge on any atom is -0.495 e. The number of esters is 1. The SMILES string of the molecule is CC[C@@H]1/C=C/C=C(\C)Cc2cc(OC)c(Cl)c(c2)N(C)C(=O)C[C@H](OC(=O)CCCCCN)[C@]2(C)O[C@H]2[C@H](C)[C@@H]2C[C@@]1(O)NC(=O)O2. The van der Waals surface area contributed by atoms with Gasteiger partial charge in [0.15, 0.2) is 0 Å². The first kappa shape index (κ1) is 36.7. The van der Waals surface area contributed by atoms with E-state index < -0.39 is 53.5 Å². The Labute approximate surface area is 282 Å². The third-order valence-electron chi connectivity index (χ3n) is 9.70. The van der Waals surface area contributed by atoms with E-state index in [1.54, 1.807) is 14.0 Å². The van der Waals surface area contributed by atoms with Crippen molar-refractivity contribution in [3.8, 4) is 5.75 Å². The summed E-state index contributed by atoms with van der Waals surface area (Å²) in [5, 5.41) is 14.7. The number of aliphatic hydroxyl groups is 1. The van der Waals surface area contributed by atoms with Crippen LogP contribution in [0.25, 0.3) is 0 Å². The fraction of sp³-hybridized carbons (Fsp3) is 0.629. The molecule has 4 N–H and O–H groups in total. The fourth-order valence-electron chi connectivity index (χ4n) is 6.70. The van der Waals surface area contributed by atoms with Crippen LogP contribution in [0, 0.1) is 11.8 Å². The quantitative estimate of drug-likeness (QED) is 0.192. The average Bonchev–Trinajstić information content (AvgIpc) is 3.72. The van der Waals surface area contributed by atoms with Crippen molar-refractivity contribution in [2.75, 3.05) is 25.6 Å². The molecule has 11 nitrogen and oxygen atoms in total. The molecule has 47 heavy (non-hydrogen) atoms. The maximum Gasteiger partial charge on any atom is 0.409 e. The predicted octanol–water partition coefficient (Wildman–Crippen LogP) is 5.20. The maximum atomic E-state index is 13.9. The maximum absolute atomic E-state index is 13.9. The number of hydrogen-bond donors (Lipinski definition) is 3. The zero-order chi connectivity index (χ0) is 34.5. The molecule has 7 atom stereocenters. The molecule has 0 saturated carbocycles. The van der Waals surface area contributed by atoms with Gasteiger partial charge in [-0.2, -0.15) is 0 Å². The number of unbranched alkanes of at least 4 members (excludes halogenated alkanes) is 2. The number of halogens is 1. The standard InChI is InChI=1S/C35H50ClN3O8/c1-7-24-13-11-12-21(2)16-23-17-25(31(36)26(18-23)44-6)39(5)29(40)19-28(46-30(41)14-9-8-10-15-37)34(4)32(47-34)22(3)27-20-35(24,43)38-33(42)45-27/h11-13,17-18,22,24,27-28,32,43H,7-10,14-16,19-20,37H2,1-6H3,(H,38,42)/b13-11+,21-12+/t22-,24-,27+,28+,32+,34+,35+/m1/s1. The Hall–Kier alpha value is -3.12. The van der Waals surface area contributed by atoms with Crippen LogP contribution in [0.4, 0.5) is 10.5 Å². The Balaban J connectivity index is 1.74. The third-order valence-corrected chi connectivity index (χ3v) is 10.1. The van der Waals surface area contributed by atoms with E-state index in [1.807, 2.05) is 51.1 Å². The molecule has 0 radical (unpaired) electrons. The molecule has 2 saturated heterocycles. The minimum atomic E-state index is -1.55. The van der Waals surface area contributed by atoms with Gasteiger partial charge in [0.1, 0.15) is 34.3 Å². The Bertz CT molecular complexity index is 1380. The molecule has 1 aromatic carbocycles. The summed E-state index contributed by atoms with van der Waals surface area (Å²) in [5.41, 5.74) is 5.35. The van der Waals surface area contributed by atoms with Gasteiger partial charge in [-0.25, -0.2) is 4.79 Å². The number of anilines is 1. The van der Waals surface area contributed by atoms with Crippen LogP contribution in [0.3, 0.4) is 0 Å². The van der Waals surface area contributed by atoms with E-state index in [1.165, 1.54) is 12.0 Å². The van der Waals surface area contributed by atoms with Crippen LogP contribution < -0.4 is 20.7 Å². The molecule has 12 heteroatoms. The first-order chi connectivity index (χ1) is 22.3. The van der Waals surface area contributed by atoms with E-state index >= 15 is 0 Å². The highest BCUT2D eigenvalue weighted by molar-refractivity contribution is 6.35. The van der Waals surface area contributed by atoms with Gasteiger partial charge in [0.05, 0.1) is 25.3 Å². The number of methoxy groups -OCH3 is 1. The van der Waals surface area contributed by atoms with Gasteiger partial charge in [0.2, 0.25) is 5.91 Å². The summed E-state index contributed by atoms with van der Waals surface area (Å²) in [6.07, 6.45) is 6.29. The Morgan fingerprint density at radius 2 is 2.00 bits per heavy atom. The summed E-state index contributed by atoms with van der Waals surface area (Å²) in [7, 11) is 3.15. The molecule has 1 aromatic rings. The fourth-order valence-corrected chi connectivity index (χ4v) is 7.02. The topological polar surface area (TPSA) is 153 Å². The van der Waals surface area contributed by atoms with Crippen LogP contribution in [0.2, 0.25) is 5.02 Å². The molecule has 4 bridgehead atoms. The second kappa shape index (κ2) is 15.4. The molecular weight excluding hydrogens is 626 g/mol. The van der Waals surface area contributed by atoms with Crippen LogP contribution in [0.5, 0.6) is 5.75 Å². The summed E-state index contributed by atoms with van der Waals surface area (Å²) < 4.78 is 23.5. The average molecular weight is 676 g/mol.